The van der Waals surface area contributed by atoms with Crippen molar-refractivity contribution in [2.24, 2.45) is 0 Å². The quantitative estimate of drug-likeness (QED) is 0.542. The molecule has 1 saturated heterocycles. The van der Waals surface area contributed by atoms with E-state index in [9.17, 15) is 14.4 Å². The van der Waals surface area contributed by atoms with Gasteiger partial charge in [0.25, 0.3) is 0 Å². The number of nitrogens with zero attached hydrogens (tertiary/aromatic N) is 1. The number of amides is 2. The Morgan fingerprint density at radius 2 is 2.11 bits per heavy atom. The SMILES string of the molecule is CCOc1c(Cl)cc(/C=C/C(=O)N2CCNC(=O)C2CC(=O)OC)cc1OC. The molecule has 1 unspecified atom stereocenters. The van der Waals surface area contributed by atoms with Crippen molar-refractivity contribution in [1.29, 1.82) is 0 Å². The van der Waals surface area contributed by atoms with Crippen molar-refractivity contribution in [3.05, 3.63) is 28.8 Å². The first-order chi connectivity index (χ1) is 13.4. The Hall–Kier alpha value is -2.74. The van der Waals surface area contributed by atoms with Gasteiger partial charge in [-0.2, -0.15) is 0 Å². The Kier molecular flexibility index (Phi) is 7.69. The molecule has 1 atom stereocenters. The highest BCUT2D eigenvalue weighted by molar-refractivity contribution is 6.32. The number of piperazine rings is 1. The summed E-state index contributed by atoms with van der Waals surface area (Å²) in [4.78, 5) is 37.6. The Morgan fingerprint density at radius 3 is 2.75 bits per heavy atom. The Bertz CT molecular complexity index is 780. The monoisotopic (exact) mass is 410 g/mol. The fraction of sp³-hybridized carbons (Fsp3) is 0.421. The third kappa shape index (κ3) is 5.16. The normalized spacial score (nSPS) is 16.6. The van der Waals surface area contributed by atoms with Crippen LogP contribution in [0.25, 0.3) is 6.08 Å². The van der Waals surface area contributed by atoms with E-state index in [0.717, 1.165) is 0 Å². The molecule has 2 rings (SSSR count). The van der Waals surface area contributed by atoms with E-state index in [2.05, 4.69) is 10.1 Å². The first-order valence-corrected chi connectivity index (χ1v) is 9.12. The molecule has 0 aliphatic carbocycles. The summed E-state index contributed by atoms with van der Waals surface area (Å²) in [7, 11) is 2.73. The molecule has 0 spiro atoms. The maximum atomic E-state index is 12.6. The van der Waals surface area contributed by atoms with Gasteiger partial charge in [0.2, 0.25) is 11.8 Å². The standard InChI is InChI=1S/C19H23ClN2O6/c1-4-28-18-13(20)9-12(10-15(18)26-2)5-6-16(23)22-8-7-21-19(25)14(22)11-17(24)27-3/h5-6,9-10,14H,4,7-8,11H2,1-3H3,(H,21,25)/b6-5+. The van der Waals surface area contributed by atoms with E-state index < -0.39 is 17.9 Å². The molecule has 152 valence electrons. The smallest absolute Gasteiger partial charge is 0.308 e. The molecule has 8 nitrogen and oxygen atoms in total. The molecule has 0 radical (unpaired) electrons. The number of hydrogen-bond acceptors (Lipinski definition) is 6. The van der Waals surface area contributed by atoms with Crippen LogP contribution >= 0.6 is 11.6 Å². The third-order valence-corrected chi connectivity index (χ3v) is 4.44. The van der Waals surface area contributed by atoms with Crippen molar-refractivity contribution in [1.82, 2.24) is 10.2 Å². The Labute approximate surface area is 168 Å². The van der Waals surface area contributed by atoms with Gasteiger partial charge in [-0.3, -0.25) is 14.4 Å². The van der Waals surface area contributed by atoms with E-state index in [4.69, 9.17) is 21.1 Å². The molecule has 0 bridgehead atoms. The number of esters is 1. The van der Waals surface area contributed by atoms with Crippen molar-refractivity contribution < 1.29 is 28.6 Å². The van der Waals surface area contributed by atoms with Gasteiger partial charge < -0.3 is 24.4 Å². The molecule has 1 fully saturated rings. The van der Waals surface area contributed by atoms with E-state index in [-0.39, 0.29) is 12.3 Å². The fourth-order valence-corrected chi connectivity index (χ4v) is 3.08. The van der Waals surface area contributed by atoms with Crippen LogP contribution < -0.4 is 14.8 Å². The molecule has 28 heavy (non-hydrogen) atoms. The van der Waals surface area contributed by atoms with Crippen LogP contribution in [-0.4, -0.2) is 62.6 Å². The Balaban J connectivity index is 2.20. The summed E-state index contributed by atoms with van der Waals surface area (Å²) in [5.41, 5.74) is 0.629. The van der Waals surface area contributed by atoms with Gasteiger partial charge >= 0.3 is 5.97 Å². The molecule has 1 N–H and O–H groups in total. The van der Waals surface area contributed by atoms with Crippen LogP contribution in [0, 0.1) is 0 Å². The fourth-order valence-electron chi connectivity index (χ4n) is 2.81. The topological polar surface area (TPSA) is 94.2 Å². The lowest BCUT2D eigenvalue weighted by atomic mass is 10.1. The molecular weight excluding hydrogens is 388 g/mol. The van der Waals surface area contributed by atoms with Gasteiger partial charge in [-0.25, -0.2) is 0 Å². The lowest BCUT2D eigenvalue weighted by Crippen LogP contribution is -2.57. The van der Waals surface area contributed by atoms with Gasteiger partial charge in [-0.05, 0) is 30.7 Å². The summed E-state index contributed by atoms with van der Waals surface area (Å²) in [5, 5.41) is 3.00. The second-order valence-corrected chi connectivity index (χ2v) is 6.33. The van der Waals surface area contributed by atoms with Crippen LogP contribution in [0.4, 0.5) is 0 Å². The number of carbonyl (C=O) groups is 3. The lowest BCUT2D eigenvalue weighted by Gasteiger charge is -2.33. The van der Waals surface area contributed by atoms with Gasteiger partial charge in [0.15, 0.2) is 11.5 Å². The predicted octanol–water partition coefficient (Wildman–Crippen LogP) is 1.65. The number of benzene rings is 1. The average molecular weight is 411 g/mol. The van der Waals surface area contributed by atoms with Crippen LogP contribution in [0.3, 0.4) is 0 Å². The zero-order valence-corrected chi connectivity index (χ0v) is 16.7. The zero-order chi connectivity index (χ0) is 20.7. The van der Waals surface area contributed by atoms with E-state index in [1.165, 1.54) is 25.2 Å². The van der Waals surface area contributed by atoms with Crippen molar-refractivity contribution in [3.63, 3.8) is 0 Å². The first kappa shape index (κ1) is 21.6. The molecule has 1 aromatic carbocycles. The number of halogens is 1. The molecule has 1 aliphatic rings. The number of nitrogens with one attached hydrogen (secondary N) is 1. The lowest BCUT2D eigenvalue weighted by molar-refractivity contribution is -0.148. The Morgan fingerprint density at radius 1 is 1.36 bits per heavy atom. The van der Waals surface area contributed by atoms with Crippen LogP contribution in [0.1, 0.15) is 18.9 Å². The largest absolute Gasteiger partial charge is 0.493 e. The molecule has 0 aromatic heterocycles. The van der Waals surface area contributed by atoms with Crippen molar-refractivity contribution in [2.75, 3.05) is 33.9 Å². The average Bonchev–Trinajstić information content (AvgIpc) is 2.69. The van der Waals surface area contributed by atoms with Crippen molar-refractivity contribution in [2.45, 2.75) is 19.4 Å². The summed E-state index contributed by atoms with van der Waals surface area (Å²) in [6.45, 7) is 2.88. The molecule has 9 heteroatoms. The van der Waals surface area contributed by atoms with Crippen LogP contribution in [0.5, 0.6) is 11.5 Å². The highest BCUT2D eigenvalue weighted by Crippen LogP contribution is 2.36. The molecule has 2 amide bonds. The number of ether oxygens (including phenoxy) is 3. The maximum absolute atomic E-state index is 12.6. The number of hydrogen-bond donors (Lipinski definition) is 1. The molecule has 1 aliphatic heterocycles. The minimum Gasteiger partial charge on any atom is -0.493 e. The molecule has 1 aromatic rings. The maximum Gasteiger partial charge on any atom is 0.308 e. The highest BCUT2D eigenvalue weighted by Gasteiger charge is 2.34. The third-order valence-electron chi connectivity index (χ3n) is 4.16. The minimum atomic E-state index is -0.906. The van der Waals surface area contributed by atoms with E-state index >= 15 is 0 Å². The predicted molar refractivity (Wildman–Crippen MR) is 103 cm³/mol. The second-order valence-electron chi connectivity index (χ2n) is 5.92. The van der Waals surface area contributed by atoms with E-state index in [0.29, 0.717) is 41.8 Å². The van der Waals surface area contributed by atoms with Crippen LogP contribution in [0.15, 0.2) is 18.2 Å². The first-order valence-electron chi connectivity index (χ1n) is 8.74. The summed E-state index contributed by atoms with van der Waals surface area (Å²) < 4.78 is 15.4. The van der Waals surface area contributed by atoms with Gasteiger partial charge in [0.05, 0.1) is 32.3 Å². The summed E-state index contributed by atoms with van der Waals surface area (Å²) in [5.74, 6) is -0.466. The van der Waals surface area contributed by atoms with Gasteiger partial charge in [0, 0.05) is 19.2 Å². The van der Waals surface area contributed by atoms with Crippen LogP contribution in [-0.2, 0) is 19.1 Å². The molecular formula is C19H23ClN2O6. The van der Waals surface area contributed by atoms with E-state index in [1.54, 1.807) is 18.2 Å². The second kappa shape index (κ2) is 9.98. The summed E-state index contributed by atoms with van der Waals surface area (Å²) >= 11 is 6.23. The van der Waals surface area contributed by atoms with Crippen molar-refractivity contribution >= 4 is 35.5 Å². The van der Waals surface area contributed by atoms with Gasteiger partial charge in [0.1, 0.15) is 6.04 Å². The van der Waals surface area contributed by atoms with Gasteiger partial charge in [-0.15, -0.1) is 0 Å². The number of methoxy groups -OCH3 is 2. The molecule has 1 heterocycles. The zero-order valence-electron chi connectivity index (χ0n) is 16.0. The number of rotatable bonds is 7. The summed E-state index contributed by atoms with van der Waals surface area (Å²) in [6.07, 6.45) is 2.69. The van der Waals surface area contributed by atoms with E-state index in [1.807, 2.05) is 6.92 Å². The van der Waals surface area contributed by atoms with Crippen LogP contribution in [0.2, 0.25) is 5.02 Å². The number of carbonyl (C=O) groups excluding carboxylic acids is 3. The summed E-state index contributed by atoms with van der Waals surface area (Å²) in [6, 6.07) is 2.43. The van der Waals surface area contributed by atoms with Gasteiger partial charge in [-0.1, -0.05) is 11.6 Å². The molecule has 0 saturated carbocycles. The van der Waals surface area contributed by atoms with Crippen molar-refractivity contribution in [3.8, 4) is 11.5 Å². The highest BCUT2D eigenvalue weighted by atomic mass is 35.5. The minimum absolute atomic E-state index is 0.204.